The van der Waals surface area contributed by atoms with Crippen molar-refractivity contribution in [3.05, 3.63) is 25.3 Å². The van der Waals surface area contributed by atoms with Crippen molar-refractivity contribution in [3.63, 3.8) is 0 Å². The van der Waals surface area contributed by atoms with E-state index in [1.54, 1.807) is 33.7 Å². The molecule has 33 heavy (non-hydrogen) atoms. The van der Waals surface area contributed by atoms with Crippen molar-refractivity contribution in [2.24, 2.45) is 11.8 Å². The third kappa shape index (κ3) is 4.74. The Kier molecular flexibility index (Phi) is 8.67. The Bertz CT molecular complexity index is 772. The number of amides is 2. The lowest BCUT2D eigenvalue weighted by Crippen LogP contribution is -2.56. The second kappa shape index (κ2) is 11.1. The molecule has 8 heteroatoms. The lowest BCUT2D eigenvalue weighted by molar-refractivity contribution is -0.154. The molecule has 3 aliphatic rings. The van der Waals surface area contributed by atoms with Gasteiger partial charge in [-0.15, -0.1) is 24.9 Å². The van der Waals surface area contributed by atoms with E-state index in [4.69, 9.17) is 9.84 Å². The van der Waals surface area contributed by atoms with Gasteiger partial charge in [0, 0.05) is 31.0 Å². The maximum absolute atomic E-state index is 13.9. The molecule has 0 aromatic carbocycles. The van der Waals surface area contributed by atoms with E-state index < -0.39 is 22.6 Å². The van der Waals surface area contributed by atoms with Crippen molar-refractivity contribution >= 4 is 29.5 Å². The highest BCUT2D eigenvalue weighted by Gasteiger charge is 2.74. The smallest absolute Gasteiger partial charge is 0.310 e. The highest BCUT2D eigenvalue weighted by molar-refractivity contribution is 8.02. The fraction of sp³-hybridized carbons (Fsp3) is 0.720. The number of aliphatic hydroxyl groups excluding tert-OH is 1. The fourth-order valence-electron chi connectivity index (χ4n) is 5.70. The minimum atomic E-state index is -0.591. The maximum Gasteiger partial charge on any atom is 0.310 e. The number of aliphatic hydroxyl groups is 1. The van der Waals surface area contributed by atoms with Crippen molar-refractivity contribution in [2.45, 2.75) is 74.5 Å². The summed E-state index contributed by atoms with van der Waals surface area (Å²) in [5.74, 6) is -1.51. The Morgan fingerprint density at radius 1 is 1.30 bits per heavy atom. The van der Waals surface area contributed by atoms with E-state index in [0.717, 1.165) is 19.3 Å². The molecule has 2 amide bonds. The van der Waals surface area contributed by atoms with Crippen LogP contribution in [0.1, 0.15) is 52.4 Å². The predicted molar refractivity (Wildman–Crippen MR) is 130 cm³/mol. The van der Waals surface area contributed by atoms with Crippen LogP contribution in [-0.4, -0.2) is 81.1 Å². The molecule has 3 aliphatic heterocycles. The van der Waals surface area contributed by atoms with Gasteiger partial charge in [0.25, 0.3) is 0 Å². The van der Waals surface area contributed by atoms with Gasteiger partial charge >= 0.3 is 5.97 Å². The lowest BCUT2D eigenvalue weighted by atomic mass is 9.71. The second-order valence-electron chi connectivity index (χ2n) is 9.49. The molecule has 2 unspecified atom stereocenters. The summed E-state index contributed by atoms with van der Waals surface area (Å²) in [5.41, 5.74) is 0. The van der Waals surface area contributed by atoms with Crippen LogP contribution < -0.4 is 0 Å². The first-order valence-corrected chi connectivity index (χ1v) is 13.0. The van der Waals surface area contributed by atoms with Crippen molar-refractivity contribution in [1.82, 2.24) is 9.80 Å². The third-order valence-electron chi connectivity index (χ3n) is 7.16. The van der Waals surface area contributed by atoms with Crippen LogP contribution in [0.5, 0.6) is 0 Å². The number of likely N-dealkylation sites (tertiary alicyclic amines) is 1. The van der Waals surface area contributed by atoms with Gasteiger partial charge in [-0.05, 0) is 52.4 Å². The van der Waals surface area contributed by atoms with E-state index in [0.29, 0.717) is 32.4 Å². The molecule has 0 aromatic heterocycles. The summed E-state index contributed by atoms with van der Waals surface area (Å²) in [6.07, 6.45) is 7.71. The lowest BCUT2D eigenvalue weighted by Gasteiger charge is -2.38. The number of ether oxygens (including phenoxy) is 1. The molecule has 0 saturated carbocycles. The Balaban J connectivity index is 1.93. The number of unbranched alkanes of at least 4 members (excludes halogenated alkanes) is 2. The number of nitrogens with zero attached hydrogens (tertiary/aromatic N) is 2. The average molecular weight is 479 g/mol. The molecule has 1 spiro atoms. The molecule has 2 bridgehead atoms. The van der Waals surface area contributed by atoms with Crippen LogP contribution in [0.4, 0.5) is 0 Å². The molecule has 1 N–H and O–H groups in total. The molecule has 7 nitrogen and oxygen atoms in total. The molecule has 0 aromatic rings. The molecular formula is C25H38N2O5S. The first-order chi connectivity index (χ1) is 15.8. The first kappa shape index (κ1) is 25.8. The van der Waals surface area contributed by atoms with E-state index in [1.165, 1.54) is 0 Å². The zero-order chi connectivity index (χ0) is 24.2. The van der Waals surface area contributed by atoms with Crippen LogP contribution in [0, 0.1) is 11.8 Å². The number of thioether (sulfide) groups is 1. The van der Waals surface area contributed by atoms with E-state index >= 15 is 0 Å². The topological polar surface area (TPSA) is 87.2 Å². The second-order valence-corrected chi connectivity index (χ2v) is 11.1. The maximum atomic E-state index is 13.9. The summed E-state index contributed by atoms with van der Waals surface area (Å²) in [4.78, 5) is 44.3. The van der Waals surface area contributed by atoms with Crippen molar-refractivity contribution in [3.8, 4) is 0 Å². The van der Waals surface area contributed by atoms with Gasteiger partial charge in [0.15, 0.2) is 0 Å². The normalized spacial score (nSPS) is 29.9. The standard InChI is InChI=1S/C25H38N2O5S/c1-5-7-16-32-24(31)19-18-11-12-25(33-18)20(19)22(29)27(14-9-8-10-15-28)21(25)23(30)26(13-6-2)17(3)4/h5-6,17-21,28H,1-2,7-16H2,3-4H3/t18-,19+,20-,21?,25?/m0/s1. The van der Waals surface area contributed by atoms with Crippen LogP contribution in [0.2, 0.25) is 0 Å². The Morgan fingerprint density at radius 3 is 2.70 bits per heavy atom. The monoisotopic (exact) mass is 478 g/mol. The van der Waals surface area contributed by atoms with E-state index in [-0.39, 0.29) is 42.3 Å². The summed E-state index contributed by atoms with van der Waals surface area (Å²) in [6, 6.07) is -0.618. The largest absolute Gasteiger partial charge is 0.465 e. The number of esters is 1. The number of fused-ring (bicyclic) bond motifs is 1. The molecule has 0 aliphatic carbocycles. The van der Waals surface area contributed by atoms with Gasteiger partial charge in [-0.25, -0.2) is 0 Å². The number of rotatable bonds is 13. The molecule has 5 atom stereocenters. The zero-order valence-electron chi connectivity index (χ0n) is 19.9. The van der Waals surface area contributed by atoms with Crippen LogP contribution in [0.15, 0.2) is 25.3 Å². The van der Waals surface area contributed by atoms with E-state index in [9.17, 15) is 14.4 Å². The minimum absolute atomic E-state index is 0.00826. The van der Waals surface area contributed by atoms with Crippen LogP contribution in [-0.2, 0) is 19.1 Å². The minimum Gasteiger partial charge on any atom is -0.465 e. The first-order valence-electron chi connectivity index (χ1n) is 12.1. The third-order valence-corrected chi connectivity index (χ3v) is 9.11. The fourth-order valence-corrected chi connectivity index (χ4v) is 7.90. The average Bonchev–Trinajstić information content (AvgIpc) is 3.42. The van der Waals surface area contributed by atoms with Gasteiger partial charge in [-0.1, -0.05) is 12.2 Å². The summed E-state index contributed by atoms with van der Waals surface area (Å²) in [7, 11) is 0. The molecule has 3 heterocycles. The van der Waals surface area contributed by atoms with Crippen molar-refractivity contribution < 1.29 is 24.2 Å². The number of carbonyl (C=O) groups is 3. The van der Waals surface area contributed by atoms with E-state index in [2.05, 4.69) is 13.2 Å². The summed E-state index contributed by atoms with van der Waals surface area (Å²) >= 11 is 1.66. The van der Waals surface area contributed by atoms with Crippen LogP contribution in [0.3, 0.4) is 0 Å². The Hall–Kier alpha value is -1.80. The molecule has 0 radical (unpaired) electrons. The zero-order valence-corrected chi connectivity index (χ0v) is 20.7. The van der Waals surface area contributed by atoms with Gasteiger partial charge in [0.2, 0.25) is 11.8 Å². The van der Waals surface area contributed by atoms with Gasteiger partial charge in [0.05, 0.1) is 23.2 Å². The summed E-state index contributed by atoms with van der Waals surface area (Å²) in [6.45, 7) is 12.7. The molecular weight excluding hydrogens is 440 g/mol. The van der Waals surface area contributed by atoms with Gasteiger partial charge < -0.3 is 19.6 Å². The Labute approximate surface area is 201 Å². The highest BCUT2D eigenvalue weighted by Crippen LogP contribution is 2.66. The molecule has 184 valence electrons. The van der Waals surface area contributed by atoms with Gasteiger partial charge in [-0.2, -0.15) is 0 Å². The number of carbonyl (C=O) groups excluding carboxylic acids is 3. The SMILES string of the molecule is C=CCCOC(=O)[C@@H]1[C@@H]2CCC3(S2)C(C(=O)N(CC=C)C(C)C)N(CCCCCO)C(=O)[C@H]13. The van der Waals surface area contributed by atoms with Crippen LogP contribution in [0.25, 0.3) is 0 Å². The molecule has 3 fully saturated rings. The predicted octanol–water partition coefficient (Wildman–Crippen LogP) is 2.78. The van der Waals surface area contributed by atoms with Gasteiger partial charge in [-0.3, -0.25) is 14.4 Å². The summed E-state index contributed by atoms with van der Waals surface area (Å²) in [5, 5.41) is 9.14. The summed E-state index contributed by atoms with van der Waals surface area (Å²) < 4.78 is 4.92. The highest BCUT2D eigenvalue weighted by atomic mass is 32.2. The van der Waals surface area contributed by atoms with Crippen molar-refractivity contribution in [2.75, 3.05) is 26.3 Å². The van der Waals surface area contributed by atoms with E-state index in [1.807, 2.05) is 13.8 Å². The molecule has 3 saturated heterocycles. The van der Waals surface area contributed by atoms with Crippen LogP contribution >= 0.6 is 11.8 Å². The van der Waals surface area contributed by atoms with Gasteiger partial charge in [0.1, 0.15) is 6.04 Å². The Morgan fingerprint density at radius 2 is 2.06 bits per heavy atom. The quantitative estimate of drug-likeness (QED) is 0.249. The number of hydrogen-bond acceptors (Lipinski definition) is 6. The number of hydrogen-bond donors (Lipinski definition) is 1. The molecule has 3 rings (SSSR count). The van der Waals surface area contributed by atoms with Crippen molar-refractivity contribution in [1.29, 1.82) is 0 Å².